The van der Waals surface area contributed by atoms with E-state index < -0.39 is 0 Å². The lowest BCUT2D eigenvalue weighted by Gasteiger charge is -2.13. The number of thiazole rings is 1. The summed E-state index contributed by atoms with van der Waals surface area (Å²) in [4.78, 5) is 6.34. The Balaban J connectivity index is 2.23. The average Bonchev–Trinajstić information content (AvgIpc) is 2.94. The predicted molar refractivity (Wildman–Crippen MR) is 70.2 cm³/mol. The van der Waals surface area contributed by atoms with Crippen molar-refractivity contribution in [2.75, 3.05) is 6.54 Å². The fourth-order valence-electron chi connectivity index (χ4n) is 1.73. The van der Waals surface area contributed by atoms with Crippen LogP contribution < -0.4 is 5.32 Å². The molecule has 1 aliphatic carbocycles. The van der Waals surface area contributed by atoms with Crippen molar-refractivity contribution in [1.82, 2.24) is 10.3 Å². The topological polar surface area (TPSA) is 24.9 Å². The molecular formula is C13H22N2S. The van der Waals surface area contributed by atoms with Crippen LogP contribution in [0, 0.1) is 0 Å². The number of hydrogen-bond donors (Lipinski definition) is 1. The Morgan fingerprint density at radius 3 is 2.56 bits per heavy atom. The minimum atomic E-state index is 0.193. The molecule has 1 heterocycles. The van der Waals surface area contributed by atoms with E-state index in [1.807, 2.05) is 11.3 Å². The van der Waals surface area contributed by atoms with Crippen LogP contribution in [0.3, 0.4) is 0 Å². The second-order valence-corrected chi connectivity index (χ2v) is 6.72. The number of hydrogen-bond acceptors (Lipinski definition) is 3. The third kappa shape index (κ3) is 2.64. The van der Waals surface area contributed by atoms with E-state index in [1.165, 1.54) is 28.4 Å². The van der Waals surface area contributed by atoms with Crippen molar-refractivity contribution in [2.45, 2.75) is 58.4 Å². The SMILES string of the molecule is CCNCc1sc(C(C)(C)C)nc1C1CC1. The molecule has 1 N–H and O–H groups in total. The van der Waals surface area contributed by atoms with Crippen LogP contribution in [0.4, 0.5) is 0 Å². The first-order valence-corrected chi connectivity index (χ1v) is 7.04. The number of aromatic nitrogens is 1. The molecule has 2 rings (SSSR count). The molecule has 2 nitrogen and oxygen atoms in total. The number of rotatable bonds is 4. The Kier molecular flexibility index (Phi) is 3.36. The van der Waals surface area contributed by atoms with Crippen molar-refractivity contribution in [3.05, 3.63) is 15.6 Å². The van der Waals surface area contributed by atoms with Crippen LogP contribution in [0.5, 0.6) is 0 Å². The first kappa shape index (κ1) is 12.1. The maximum absolute atomic E-state index is 4.87. The summed E-state index contributed by atoms with van der Waals surface area (Å²) in [6, 6.07) is 0. The number of nitrogens with one attached hydrogen (secondary N) is 1. The molecule has 0 bridgehead atoms. The summed E-state index contributed by atoms with van der Waals surface area (Å²) < 4.78 is 0. The van der Waals surface area contributed by atoms with Gasteiger partial charge in [-0.05, 0) is 19.4 Å². The third-order valence-corrected chi connectivity index (χ3v) is 4.37. The van der Waals surface area contributed by atoms with Crippen molar-refractivity contribution >= 4 is 11.3 Å². The molecule has 1 fully saturated rings. The lowest BCUT2D eigenvalue weighted by Crippen LogP contribution is -2.11. The van der Waals surface area contributed by atoms with Crippen LogP contribution in [0.25, 0.3) is 0 Å². The van der Waals surface area contributed by atoms with Crippen LogP contribution in [0.15, 0.2) is 0 Å². The fourth-order valence-corrected chi connectivity index (χ4v) is 2.90. The Morgan fingerprint density at radius 2 is 2.06 bits per heavy atom. The van der Waals surface area contributed by atoms with Gasteiger partial charge in [0.25, 0.3) is 0 Å². The predicted octanol–water partition coefficient (Wildman–Crippen LogP) is 3.43. The van der Waals surface area contributed by atoms with Crippen molar-refractivity contribution in [3.63, 3.8) is 0 Å². The van der Waals surface area contributed by atoms with E-state index in [4.69, 9.17) is 4.98 Å². The van der Waals surface area contributed by atoms with E-state index in [9.17, 15) is 0 Å². The molecule has 1 saturated carbocycles. The van der Waals surface area contributed by atoms with Gasteiger partial charge in [-0.15, -0.1) is 11.3 Å². The molecule has 0 saturated heterocycles. The average molecular weight is 238 g/mol. The van der Waals surface area contributed by atoms with Gasteiger partial charge in [0, 0.05) is 22.8 Å². The van der Waals surface area contributed by atoms with Crippen molar-refractivity contribution < 1.29 is 0 Å². The van der Waals surface area contributed by atoms with Gasteiger partial charge in [0.15, 0.2) is 0 Å². The van der Waals surface area contributed by atoms with Crippen molar-refractivity contribution in [2.24, 2.45) is 0 Å². The van der Waals surface area contributed by atoms with Gasteiger partial charge in [-0.3, -0.25) is 0 Å². The highest BCUT2D eigenvalue weighted by Crippen LogP contribution is 2.44. The third-order valence-electron chi connectivity index (χ3n) is 2.87. The highest BCUT2D eigenvalue weighted by atomic mass is 32.1. The normalized spacial score (nSPS) is 16.8. The summed E-state index contributed by atoms with van der Waals surface area (Å²) in [6.45, 7) is 10.9. The van der Waals surface area contributed by atoms with E-state index >= 15 is 0 Å². The van der Waals surface area contributed by atoms with E-state index in [0.29, 0.717) is 0 Å². The van der Waals surface area contributed by atoms with Crippen LogP contribution in [0.2, 0.25) is 0 Å². The first-order chi connectivity index (χ1) is 7.52. The van der Waals surface area contributed by atoms with Gasteiger partial charge in [0.2, 0.25) is 0 Å². The zero-order chi connectivity index (χ0) is 11.8. The standard InChI is InChI=1S/C13H22N2S/c1-5-14-8-10-11(9-6-7-9)15-12(16-10)13(2,3)4/h9,14H,5-8H2,1-4H3. The Labute approximate surface area is 102 Å². The summed E-state index contributed by atoms with van der Waals surface area (Å²) in [5.74, 6) is 0.765. The Morgan fingerprint density at radius 1 is 1.38 bits per heavy atom. The van der Waals surface area contributed by atoms with Gasteiger partial charge in [-0.25, -0.2) is 4.98 Å². The summed E-state index contributed by atoms with van der Waals surface area (Å²) in [5, 5.41) is 4.72. The molecular weight excluding hydrogens is 216 g/mol. The van der Waals surface area contributed by atoms with E-state index in [0.717, 1.165) is 19.0 Å². The highest BCUT2D eigenvalue weighted by Gasteiger charge is 2.31. The van der Waals surface area contributed by atoms with Gasteiger partial charge >= 0.3 is 0 Å². The molecule has 1 aromatic rings. The van der Waals surface area contributed by atoms with E-state index in [1.54, 1.807) is 0 Å². The summed E-state index contributed by atoms with van der Waals surface area (Å²) in [5.41, 5.74) is 1.58. The Hall–Kier alpha value is -0.410. The second-order valence-electron chi connectivity index (χ2n) is 5.63. The molecule has 3 heteroatoms. The molecule has 1 aromatic heterocycles. The fraction of sp³-hybridized carbons (Fsp3) is 0.769. The molecule has 16 heavy (non-hydrogen) atoms. The lowest BCUT2D eigenvalue weighted by molar-refractivity contribution is 0.583. The quantitative estimate of drug-likeness (QED) is 0.869. The first-order valence-electron chi connectivity index (χ1n) is 6.23. The van der Waals surface area contributed by atoms with Crippen molar-refractivity contribution in [1.29, 1.82) is 0 Å². The van der Waals surface area contributed by atoms with Gasteiger partial charge in [0.05, 0.1) is 10.7 Å². The second kappa shape index (κ2) is 4.46. The molecule has 0 amide bonds. The summed E-state index contributed by atoms with van der Waals surface area (Å²) in [6.07, 6.45) is 2.68. The van der Waals surface area contributed by atoms with Crippen molar-refractivity contribution in [3.8, 4) is 0 Å². The molecule has 0 radical (unpaired) electrons. The summed E-state index contributed by atoms with van der Waals surface area (Å²) >= 11 is 1.90. The molecule has 0 unspecified atom stereocenters. The zero-order valence-corrected chi connectivity index (χ0v) is 11.6. The van der Waals surface area contributed by atoms with Gasteiger partial charge in [-0.2, -0.15) is 0 Å². The molecule has 0 aromatic carbocycles. The zero-order valence-electron chi connectivity index (χ0n) is 10.8. The maximum atomic E-state index is 4.87. The summed E-state index contributed by atoms with van der Waals surface area (Å²) in [7, 11) is 0. The van der Waals surface area contributed by atoms with Crippen LogP contribution in [-0.2, 0) is 12.0 Å². The number of nitrogens with zero attached hydrogens (tertiary/aromatic N) is 1. The van der Waals surface area contributed by atoms with Gasteiger partial charge in [0.1, 0.15) is 0 Å². The van der Waals surface area contributed by atoms with Crippen LogP contribution >= 0.6 is 11.3 Å². The van der Waals surface area contributed by atoms with E-state index in [2.05, 4.69) is 33.0 Å². The highest BCUT2D eigenvalue weighted by molar-refractivity contribution is 7.11. The molecule has 1 aliphatic rings. The molecule has 90 valence electrons. The molecule has 0 spiro atoms. The van der Waals surface area contributed by atoms with Crippen LogP contribution in [0.1, 0.15) is 62.0 Å². The van der Waals surface area contributed by atoms with E-state index in [-0.39, 0.29) is 5.41 Å². The molecule has 0 atom stereocenters. The Bertz CT molecular complexity index is 358. The largest absolute Gasteiger partial charge is 0.312 e. The minimum Gasteiger partial charge on any atom is -0.312 e. The lowest BCUT2D eigenvalue weighted by atomic mass is 9.98. The van der Waals surface area contributed by atoms with Gasteiger partial charge < -0.3 is 5.32 Å². The molecule has 0 aliphatic heterocycles. The van der Waals surface area contributed by atoms with Gasteiger partial charge in [-0.1, -0.05) is 27.7 Å². The maximum Gasteiger partial charge on any atom is 0.0985 e. The van der Waals surface area contributed by atoms with Crippen LogP contribution in [-0.4, -0.2) is 11.5 Å². The monoisotopic (exact) mass is 238 g/mol. The smallest absolute Gasteiger partial charge is 0.0985 e. The minimum absolute atomic E-state index is 0.193.